The Bertz CT molecular complexity index is 697. The van der Waals surface area contributed by atoms with Crippen LogP contribution in [0.2, 0.25) is 5.02 Å². The van der Waals surface area contributed by atoms with Crippen molar-refractivity contribution >= 4 is 35.4 Å². The van der Waals surface area contributed by atoms with E-state index in [1.165, 1.54) is 18.2 Å². The zero-order valence-corrected chi connectivity index (χ0v) is 12.4. The van der Waals surface area contributed by atoms with Gasteiger partial charge in [-0.3, -0.25) is 14.5 Å². The van der Waals surface area contributed by atoms with Crippen LogP contribution in [-0.2, 0) is 9.59 Å². The molecular weight excluding hydrogens is 310 g/mol. The van der Waals surface area contributed by atoms with Gasteiger partial charge in [-0.1, -0.05) is 17.7 Å². The van der Waals surface area contributed by atoms with Gasteiger partial charge in [-0.2, -0.15) is 0 Å². The van der Waals surface area contributed by atoms with Gasteiger partial charge < -0.3 is 15.9 Å². The van der Waals surface area contributed by atoms with Gasteiger partial charge in [0.25, 0.3) is 5.91 Å². The highest BCUT2D eigenvalue weighted by Gasteiger charge is 2.33. The van der Waals surface area contributed by atoms with E-state index in [9.17, 15) is 14.7 Å². The van der Waals surface area contributed by atoms with Gasteiger partial charge in [0.1, 0.15) is 23.8 Å². The third-order valence-electron chi connectivity index (χ3n) is 2.95. The maximum Gasteiger partial charge on any atom is 0.323 e. The van der Waals surface area contributed by atoms with Gasteiger partial charge in [-0.05, 0) is 30.7 Å². The minimum absolute atomic E-state index is 0.0651. The molecule has 0 aliphatic carbocycles. The number of carbonyl (C=O) groups is 2. The minimum atomic E-state index is -1.16. The molecule has 0 saturated carbocycles. The smallest absolute Gasteiger partial charge is 0.323 e. The Kier molecular flexibility index (Phi) is 4.48. The number of halogens is 1. The lowest BCUT2D eigenvalue weighted by atomic mass is 10.2. The molecule has 1 aromatic rings. The lowest BCUT2D eigenvalue weighted by molar-refractivity contribution is -0.140. The molecule has 1 amide bonds. The third kappa shape index (κ3) is 3.26. The van der Waals surface area contributed by atoms with Gasteiger partial charge >= 0.3 is 5.97 Å². The largest absolute Gasteiger partial charge is 0.506 e. The summed E-state index contributed by atoms with van der Waals surface area (Å²) >= 11 is 5.80. The molecule has 0 unspecified atom stereocenters. The van der Waals surface area contributed by atoms with Crippen LogP contribution in [0.3, 0.4) is 0 Å². The molecular formula is C14H14ClN3O4. The van der Waals surface area contributed by atoms with Gasteiger partial charge in [0.2, 0.25) is 0 Å². The van der Waals surface area contributed by atoms with Crippen molar-refractivity contribution in [1.82, 2.24) is 4.90 Å². The van der Waals surface area contributed by atoms with Crippen molar-refractivity contribution in [3.63, 3.8) is 0 Å². The second kappa shape index (κ2) is 6.17. The average molecular weight is 324 g/mol. The molecule has 1 aliphatic rings. The molecule has 1 aromatic carbocycles. The Morgan fingerprint density at radius 2 is 2.23 bits per heavy atom. The number of carbonyl (C=O) groups excluding carboxylic acids is 1. The zero-order valence-electron chi connectivity index (χ0n) is 11.7. The predicted octanol–water partition coefficient (Wildman–Crippen LogP) is 1.06. The van der Waals surface area contributed by atoms with Crippen LogP contribution in [0, 0.1) is 0 Å². The average Bonchev–Trinajstić information content (AvgIpc) is 2.72. The van der Waals surface area contributed by atoms with E-state index in [4.69, 9.17) is 22.4 Å². The number of carboxylic acid groups (broad SMARTS) is 1. The summed E-state index contributed by atoms with van der Waals surface area (Å²) in [5, 5.41) is 18.4. The normalized spacial score (nSPS) is 17.8. The fourth-order valence-corrected chi connectivity index (χ4v) is 2.16. The van der Waals surface area contributed by atoms with E-state index < -0.39 is 24.5 Å². The molecule has 2 rings (SSSR count). The second-order valence-corrected chi connectivity index (χ2v) is 5.19. The number of carboxylic acids is 1. The number of phenols is 1. The van der Waals surface area contributed by atoms with Crippen molar-refractivity contribution in [3.05, 3.63) is 34.5 Å². The van der Waals surface area contributed by atoms with E-state index >= 15 is 0 Å². The number of nitrogens with zero attached hydrogens (tertiary/aromatic N) is 2. The summed E-state index contributed by atoms with van der Waals surface area (Å²) in [6.45, 7) is 1.11. The Labute approximate surface area is 131 Å². The highest BCUT2D eigenvalue weighted by molar-refractivity contribution is 6.32. The lowest BCUT2D eigenvalue weighted by Crippen LogP contribution is -2.44. The zero-order chi connectivity index (χ0) is 16.4. The predicted molar refractivity (Wildman–Crippen MR) is 81.5 cm³/mol. The first-order valence-electron chi connectivity index (χ1n) is 6.37. The van der Waals surface area contributed by atoms with Crippen LogP contribution in [0.5, 0.6) is 5.75 Å². The monoisotopic (exact) mass is 323 g/mol. The Morgan fingerprint density at radius 3 is 2.77 bits per heavy atom. The van der Waals surface area contributed by atoms with Gasteiger partial charge in [-0.25, -0.2) is 4.99 Å². The maximum absolute atomic E-state index is 12.3. The number of amides is 1. The van der Waals surface area contributed by atoms with Gasteiger partial charge in [-0.15, -0.1) is 0 Å². The number of aliphatic carboxylic acids is 1. The van der Waals surface area contributed by atoms with Crippen molar-refractivity contribution in [2.75, 3.05) is 6.54 Å². The summed E-state index contributed by atoms with van der Waals surface area (Å²) in [7, 11) is 0. The fourth-order valence-electron chi connectivity index (χ4n) is 1.97. The van der Waals surface area contributed by atoms with Crippen LogP contribution in [0.4, 0.5) is 0 Å². The van der Waals surface area contributed by atoms with E-state index in [0.717, 1.165) is 4.90 Å². The first-order valence-corrected chi connectivity index (χ1v) is 6.75. The molecule has 0 aromatic heterocycles. The molecule has 7 nitrogen and oxygen atoms in total. The molecule has 8 heteroatoms. The summed E-state index contributed by atoms with van der Waals surface area (Å²) in [5.41, 5.74) is 6.34. The van der Waals surface area contributed by atoms with Gasteiger partial charge in [0.05, 0.1) is 11.1 Å². The molecule has 1 atom stereocenters. The molecule has 116 valence electrons. The van der Waals surface area contributed by atoms with E-state index in [2.05, 4.69) is 4.99 Å². The maximum atomic E-state index is 12.3. The topological polar surface area (TPSA) is 116 Å². The number of phenolic OH excluding ortho intramolecular Hbond substituents is 1. The number of aromatic hydroxyl groups is 1. The van der Waals surface area contributed by atoms with Gasteiger partial charge in [0, 0.05) is 0 Å². The molecule has 0 radical (unpaired) electrons. The summed E-state index contributed by atoms with van der Waals surface area (Å²) in [4.78, 5) is 28.3. The molecule has 0 fully saturated rings. The number of aliphatic imine (C=N–C) groups is 1. The standard InChI is InChI=1S/C14H14ClN3O4/c1-7(16)13-17-10(14(22)18(13)6-12(20)21)5-8-2-3-11(19)9(15)4-8/h2-5,7,19H,6,16H2,1H3,(H,20,21)/b10-5-/t7-/m0/s1. The van der Waals surface area contributed by atoms with Crippen LogP contribution in [-0.4, -0.2) is 45.4 Å². The number of hydrogen-bond acceptors (Lipinski definition) is 5. The molecule has 1 aliphatic heterocycles. The Balaban J connectivity index is 2.38. The van der Waals surface area contributed by atoms with E-state index in [1.54, 1.807) is 13.0 Å². The minimum Gasteiger partial charge on any atom is -0.506 e. The molecule has 1 heterocycles. The molecule has 0 bridgehead atoms. The summed E-state index contributed by atoms with van der Waals surface area (Å²) in [6.07, 6.45) is 1.46. The van der Waals surface area contributed by atoms with Crippen molar-refractivity contribution in [3.8, 4) is 5.75 Å². The summed E-state index contributed by atoms with van der Waals surface area (Å²) in [6, 6.07) is 3.83. The summed E-state index contributed by atoms with van der Waals surface area (Å²) < 4.78 is 0. The Morgan fingerprint density at radius 1 is 1.55 bits per heavy atom. The number of amidine groups is 1. The number of rotatable bonds is 4. The number of benzene rings is 1. The quantitative estimate of drug-likeness (QED) is 0.716. The van der Waals surface area contributed by atoms with Crippen molar-refractivity contribution < 1.29 is 19.8 Å². The van der Waals surface area contributed by atoms with E-state index in [-0.39, 0.29) is 22.3 Å². The Hall–Kier alpha value is -2.38. The summed E-state index contributed by atoms with van der Waals surface area (Å²) in [5.74, 6) is -1.58. The first-order chi connectivity index (χ1) is 10.3. The SMILES string of the molecule is C[C@H](N)C1=N/C(=C\c2ccc(O)c(Cl)c2)C(=O)N1CC(=O)O. The van der Waals surface area contributed by atoms with Crippen LogP contribution in [0.25, 0.3) is 6.08 Å². The second-order valence-electron chi connectivity index (χ2n) is 4.78. The van der Waals surface area contributed by atoms with Crippen molar-refractivity contribution in [2.45, 2.75) is 13.0 Å². The highest BCUT2D eigenvalue weighted by atomic mass is 35.5. The molecule has 0 saturated heterocycles. The molecule has 0 spiro atoms. The van der Waals surface area contributed by atoms with Crippen molar-refractivity contribution in [1.29, 1.82) is 0 Å². The molecule has 4 N–H and O–H groups in total. The third-order valence-corrected chi connectivity index (χ3v) is 3.25. The van der Waals surface area contributed by atoms with Gasteiger partial charge in [0.15, 0.2) is 0 Å². The number of nitrogens with two attached hydrogens (primary N) is 1. The van der Waals surface area contributed by atoms with Crippen LogP contribution in [0.15, 0.2) is 28.9 Å². The molecule has 22 heavy (non-hydrogen) atoms. The van der Waals surface area contributed by atoms with E-state index in [0.29, 0.717) is 5.56 Å². The highest BCUT2D eigenvalue weighted by Crippen LogP contribution is 2.26. The van der Waals surface area contributed by atoms with Crippen LogP contribution >= 0.6 is 11.6 Å². The lowest BCUT2D eigenvalue weighted by Gasteiger charge is -2.17. The first kappa shape index (κ1) is 16.0. The van der Waals surface area contributed by atoms with Crippen LogP contribution in [0.1, 0.15) is 12.5 Å². The van der Waals surface area contributed by atoms with Crippen molar-refractivity contribution in [2.24, 2.45) is 10.7 Å². The number of hydrogen-bond donors (Lipinski definition) is 3. The fraction of sp³-hybridized carbons (Fsp3) is 0.214. The van der Waals surface area contributed by atoms with E-state index in [1.807, 2.05) is 0 Å². The van der Waals surface area contributed by atoms with Crippen LogP contribution < -0.4 is 5.73 Å².